The Bertz CT molecular complexity index is 535. The van der Waals surface area contributed by atoms with Crippen LogP contribution in [0.1, 0.15) is 5.82 Å². The van der Waals surface area contributed by atoms with Crippen LogP contribution in [-0.2, 0) is 13.5 Å². The third kappa shape index (κ3) is 2.35. The zero-order chi connectivity index (χ0) is 13.1. The highest BCUT2D eigenvalue weighted by Gasteiger charge is 2.14. The molecule has 0 aliphatic heterocycles. The molecule has 1 heterocycles. The first-order valence-corrected chi connectivity index (χ1v) is 6.01. The number of halogens is 1. The van der Waals surface area contributed by atoms with Gasteiger partial charge < -0.3 is 14.4 Å². The number of aliphatic hydroxyl groups excluding tert-OH is 1. The SMILES string of the molecule is COc1ccc(-c2nc(CCO)n(C)c2Cl)cc1. The van der Waals surface area contributed by atoms with Gasteiger partial charge in [-0.05, 0) is 24.3 Å². The van der Waals surface area contributed by atoms with Crippen molar-refractivity contribution in [3.05, 3.63) is 35.2 Å². The first-order chi connectivity index (χ1) is 8.67. The Morgan fingerprint density at radius 3 is 2.56 bits per heavy atom. The average molecular weight is 267 g/mol. The van der Waals surface area contributed by atoms with Crippen molar-refractivity contribution < 1.29 is 9.84 Å². The molecule has 0 aliphatic carbocycles. The van der Waals surface area contributed by atoms with Gasteiger partial charge in [-0.15, -0.1) is 0 Å². The summed E-state index contributed by atoms with van der Waals surface area (Å²) in [6, 6.07) is 7.56. The van der Waals surface area contributed by atoms with E-state index in [1.54, 1.807) is 11.7 Å². The Morgan fingerprint density at radius 2 is 2.00 bits per heavy atom. The summed E-state index contributed by atoms with van der Waals surface area (Å²) in [7, 11) is 3.47. The largest absolute Gasteiger partial charge is 0.497 e. The number of benzene rings is 1. The third-order valence-electron chi connectivity index (χ3n) is 2.82. The van der Waals surface area contributed by atoms with E-state index >= 15 is 0 Å². The van der Waals surface area contributed by atoms with E-state index < -0.39 is 0 Å². The van der Waals surface area contributed by atoms with Crippen LogP contribution in [0.5, 0.6) is 5.75 Å². The molecule has 0 radical (unpaired) electrons. The molecule has 96 valence electrons. The molecule has 0 aliphatic rings. The second kappa shape index (κ2) is 5.42. The lowest BCUT2D eigenvalue weighted by molar-refractivity contribution is 0.295. The number of nitrogens with zero attached hydrogens (tertiary/aromatic N) is 2. The van der Waals surface area contributed by atoms with Gasteiger partial charge in [0.25, 0.3) is 0 Å². The van der Waals surface area contributed by atoms with Gasteiger partial charge in [-0.1, -0.05) is 11.6 Å². The van der Waals surface area contributed by atoms with Crippen LogP contribution in [0.4, 0.5) is 0 Å². The summed E-state index contributed by atoms with van der Waals surface area (Å²) in [6.07, 6.45) is 0.492. The van der Waals surface area contributed by atoms with E-state index in [-0.39, 0.29) is 6.61 Å². The van der Waals surface area contributed by atoms with Crippen molar-refractivity contribution in [2.24, 2.45) is 7.05 Å². The molecule has 0 amide bonds. The van der Waals surface area contributed by atoms with Gasteiger partial charge in [0.1, 0.15) is 22.4 Å². The predicted octanol–water partition coefficient (Wildman–Crippen LogP) is 2.28. The van der Waals surface area contributed by atoms with Crippen molar-refractivity contribution in [1.29, 1.82) is 0 Å². The number of methoxy groups -OCH3 is 1. The number of aromatic nitrogens is 2. The number of hydrogen-bond donors (Lipinski definition) is 1. The van der Waals surface area contributed by atoms with Crippen LogP contribution in [0.3, 0.4) is 0 Å². The molecule has 4 nitrogen and oxygen atoms in total. The lowest BCUT2D eigenvalue weighted by atomic mass is 10.1. The minimum Gasteiger partial charge on any atom is -0.497 e. The molecular weight excluding hydrogens is 252 g/mol. The van der Waals surface area contributed by atoms with Crippen LogP contribution < -0.4 is 4.74 Å². The summed E-state index contributed by atoms with van der Waals surface area (Å²) < 4.78 is 6.90. The number of rotatable bonds is 4. The molecular formula is C13H15ClN2O2. The Morgan fingerprint density at radius 1 is 1.33 bits per heavy atom. The smallest absolute Gasteiger partial charge is 0.136 e. The van der Waals surface area contributed by atoms with Crippen molar-refractivity contribution in [2.75, 3.05) is 13.7 Å². The Balaban J connectivity index is 2.40. The fraction of sp³-hybridized carbons (Fsp3) is 0.308. The molecule has 0 bridgehead atoms. The zero-order valence-corrected chi connectivity index (χ0v) is 11.1. The van der Waals surface area contributed by atoms with E-state index in [0.717, 1.165) is 22.8 Å². The quantitative estimate of drug-likeness (QED) is 0.924. The van der Waals surface area contributed by atoms with Crippen molar-refractivity contribution in [1.82, 2.24) is 9.55 Å². The summed E-state index contributed by atoms with van der Waals surface area (Å²) in [5, 5.41) is 9.54. The zero-order valence-electron chi connectivity index (χ0n) is 10.4. The molecule has 0 fully saturated rings. The Hall–Kier alpha value is -1.52. The van der Waals surface area contributed by atoms with Gasteiger partial charge in [0.15, 0.2) is 0 Å². The lowest BCUT2D eigenvalue weighted by Gasteiger charge is -2.01. The predicted molar refractivity (Wildman–Crippen MR) is 71.0 cm³/mol. The van der Waals surface area contributed by atoms with Gasteiger partial charge in [-0.3, -0.25) is 0 Å². The summed E-state index contributed by atoms with van der Waals surface area (Å²) in [5.41, 5.74) is 1.66. The molecule has 18 heavy (non-hydrogen) atoms. The van der Waals surface area contributed by atoms with Crippen LogP contribution >= 0.6 is 11.6 Å². The van der Waals surface area contributed by atoms with Gasteiger partial charge in [0, 0.05) is 19.0 Å². The Kier molecular flexibility index (Phi) is 3.89. The molecule has 0 unspecified atom stereocenters. The maximum atomic E-state index is 8.97. The number of ether oxygens (including phenoxy) is 1. The van der Waals surface area contributed by atoms with E-state index in [0.29, 0.717) is 11.6 Å². The van der Waals surface area contributed by atoms with Crippen molar-refractivity contribution in [3.63, 3.8) is 0 Å². The van der Waals surface area contributed by atoms with Gasteiger partial charge >= 0.3 is 0 Å². The van der Waals surface area contributed by atoms with E-state index in [2.05, 4.69) is 4.98 Å². The second-order valence-corrected chi connectivity index (χ2v) is 4.29. The molecule has 2 rings (SSSR count). The van der Waals surface area contributed by atoms with Crippen LogP contribution in [0, 0.1) is 0 Å². The number of imidazole rings is 1. The highest BCUT2D eigenvalue weighted by atomic mass is 35.5. The highest BCUT2D eigenvalue weighted by Crippen LogP contribution is 2.29. The molecule has 5 heteroatoms. The number of hydrogen-bond acceptors (Lipinski definition) is 3. The molecule has 0 saturated heterocycles. The van der Waals surface area contributed by atoms with Gasteiger partial charge in [0.2, 0.25) is 0 Å². The molecule has 0 atom stereocenters. The van der Waals surface area contributed by atoms with E-state index in [9.17, 15) is 0 Å². The highest BCUT2D eigenvalue weighted by molar-refractivity contribution is 6.32. The van der Waals surface area contributed by atoms with Crippen LogP contribution in [-0.4, -0.2) is 28.4 Å². The standard InChI is InChI=1S/C13H15ClN2O2/c1-16-11(7-8-17)15-12(13(16)14)9-3-5-10(18-2)6-4-9/h3-6,17H,7-8H2,1-2H3. The van der Waals surface area contributed by atoms with Crippen molar-refractivity contribution in [3.8, 4) is 17.0 Å². The second-order valence-electron chi connectivity index (χ2n) is 3.93. The van der Waals surface area contributed by atoms with E-state index in [1.165, 1.54) is 0 Å². The molecule has 2 aromatic rings. The van der Waals surface area contributed by atoms with Crippen LogP contribution in [0.15, 0.2) is 24.3 Å². The summed E-state index contributed by atoms with van der Waals surface area (Å²) in [4.78, 5) is 4.46. The van der Waals surface area contributed by atoms with Crippen molar-refractivity contribution in [2.45, 2.75) is 6.42 Å². The fourth-order valence-electron chi connectivity index (χ4n) is 1.78. The van der Waals surface area contributed by atoms with E-state index in [4.69, 9.17) is 21.4 Å². The summed E-state index contributed by atoms with van der Waals surface area (Å²) in [5.74, 6) is 1.56. The fourth-order valence-corrected chi connectivity index (χ4v) is 2.03. The lowest BCUT2D eigenvalue weighted by Crippen LogP contribution is -2.00. The first-order valence-electron chi connectivity index (χ1n) is 5.63. The molecule has 1 aromatic heterocycles. The van der Waals surface area contributed by atoms with Gasteiger partial charge in [0.05, 0.1) is 13.7 Å². The molecule has 1 N–H and O–H groups in total. The Labute approximate surface area is 111 Å². The average Bonchev–Trinajstić information content (AvgIpc) is 2.68. The van der Waals surface area contributed by atoms with Gasteiger partial charge in [-0.2, -0.15) is 0 Å². The van der Waals surface area contributed by atoms with Crippen LogP contribution in [0.2, 0.25) is 5.15 Å². The maximum absolute atomic E-state index is 8.97. The van der Waals surface area contributed by atoms with Gasteiger partial charge in [-0.25, -0.2) is 4.98 Å². The number of aliphatic hydroxyl groups is 1. The normalized spacial score (nSPS) is 10.7. The summed E-state index contributed by atoms with van der Waals surface area (Å²) in [6.45, 7) is 0.0588. The first kappa shape index (κ1) is 12.9. The minimum atomic E-state index is 0.0588. The monoisotopic (exact) mass is 266 g/mol. The molecule has 0 spiro atoms. The minimum absolute atomic E-state index is 0.0588. The molecule has 0 saturated carbocycles. The third-order valence-corrected chi connectivity index (χ3v) is 3.25. The van der Waals surface area contributed by atoms with E-state index in [1.807, 2.05) is 31.3 Å². The van der Waals surface area contributed by atoms with Crippen LogP contribution in [0.25, 0.3) is 11.3 Å². The summed E-state index contributed by atoms with van der Waals surface area (Å²) >= 11 is 6.25. The maximum Gasteiger partial charge on any atom is 0.136 e. The topological polar surface area (TPSA) is 47.3 Å². The van der Waals surface area contributed by atoms with Crippen molar-refractivity contribution >= 4 is 11.6 Å². The molecule has 1 aromatic carbocycles.